The van der Waals surface area contributed by atoms with Crippen molar-refractivity contribution in [1.82, 2.24) is 9.97 Å². The van der Waals surface area contributed by atoms with Crippen molar-refractivity contribution < 1.29 is 4.74 Å². The minimum absolute atomic E-state index is 0.520. The van der Waals surface area contributed by atoms with Crippen LogP contribution in [-0.4, -0.2) is 22.3 Å². The third-order valence-corrected chi connectivity index (χ3v) is 4.02. The number of hydrogen-bond acceptors (Lipinski definition) is 5. The van der Waals surface area contributed by atoms with Crippen LogP contribution in [0.15, 0.2) is 40.0 Å². The van der Waals surface area contributed by atoms with E-state index < -0.39 is 0 Å². The van der Waals surface area contributed by atoms with Gasteiger partial charge in [-0.15, -0.1) is 0 Å². The molecule has 0 aliphatic carbocycles. The van der Waals surface area contributed by atoms with Gasteiger partial charge in [-0.1, -0.05) is 30.8 Å². The molecule has 1 aromatic carbocycles. The Morgan fingerprint density at radius 1 is 1.30 bits per heavy atom. The van der Waals surface area contributed by atoms with Gasteiger partial charge in [0.2, 0.25) is 0 Å². The highest BCUT2D eigenvalue weighted by Gasteiger charge is 2.03. The molecule has 0 saturated carbocycles. The van der Waals surface area contributed by atoms with Crippen LogP contribution in [0.1, 0.15) is 12.6 Å². The lowest BCUT2D eigenvalue weighted by atomic mass is 10.3. The predicted molar refractivity (Wildman–Crippen MR) is 86.2 cm³/mol. The molecule has 1 aromatic heterocycles. The number of nitrogens with zero attached hydrogens (tertiary/aromatic N) is 2. The average Bonchev–Trinajstić information content (AvgIpc) is 2.44. The van der Waals surface area contributed by atoms with Gasteiger partial charge in [-0.3, -0.25) is 0 Å². The fourth-order valence-electron chi connectivity index (χ4n) is 1.59. The molecule has 2 N–H and O–H groups in total. The van der Waals surface area contributed by atoms with Gasteiger partial charge in [0, 0.05) is 17.5 Å². The summed E-state index contributed by atoms with van der Waals surface area (Å²) in [6.07, 6.45) is 0.855. The zero-order valence-electron chi connectivity index (χ0n) is 11.2. The van der Waals surface area contributed by atoms with E-state index in [9.17, 15) is 0 Å². The van der Waals surface area contributed by atoms with E-state index in [2.05, 4.69) is 25.9 Å². The first kappa shape index (κ1) is 15.1. The first-order valence-electron chi connectivity index (χ1n) is 6.32. The first-order valence-corrected chi connectivity index (χ1v) is 8.10. The smallest absolute Gasteiger partial charge is 0.189 e. The third-order valence-electron chi connectivity index (χ3n) is 2.55. The number of nitrogens with two attached hydrogens (primary N) is 1. The summed E-state index contributed by atoms with van der Waals surface area (Å²) >= 11 is 5.00. The molecule has 0 bridgehead atoms. The monoisotopic (exact) mass is 353 g/mol. The molecule has 6 heteroatoms. The molecule has 20 heavy (non-hydrogen) atoms. The molecular formula is C14H16BrN3OS. The normalized spacial score (nSPS) is 10.5. The van der Waals surface area contributed by atoms with Crippen LogP contribution >= 0.6 is 27.7 Å². The maximum Gasteiger partial charge on any atom is 0.189 e. The number of nitrogen functional groups attached to an aromatic ring is 1. The highest BCUT2D eigenvalue weighted by Crippen LogP contribution is 2.24. The van der Waals surface area contributed by atoms with Crippen LogP contribution in [0.2, 0.25) is 0 Å². The zero-order chi connectivity index (χ0) is 14.4. The molecule has 0 unspecified atom stereocenters. The van der Waals surface area contributed by atoms with E-state index in [1.165, 1.54) is 0 Å². The molecule has 4 nitrogen and oxygen atoms in total. The van der Waals surface area contributed by atoms with Crippen LogP contribution in [0.3, 0.4) is 0 Å². The quantitative estimate of drug-likeness (QED) is 0.488. The summed E-state index contributed by atoms with van der Waals surface area (Å²) in [6, 6.07) is 9.60. The standard InChI is InChI=1S/C14H16BrN3OS/c1-2-10-9-13(16)18-14(17-10)20-8-7-19-12-6-4-3-5-11(12)15/h3-6,9H,2,7-8H2,1H3,(H2,16,17,18). The van der Waals surface area contributed by atoms with E-state index in [1.807, 2.05) is 37.3 Å². The molecule has 0 spiro atoms. The van der Waals surface area contributed by atoms with Crippen molar-refractivity contribution in [3.63, 3.8) is 0 Å². The third kappa shape index (κ3) is 4.38. The Bertz CT molecular complexity index is 580. The second-order valence-electron chi connectivity index (χ2n) is 4.05. The summed E-state index contributed by atoms with van der Waals surface area (Å²) in [5.74, 6) is 2.13. The van der Waals surface area contributed by atoms with Crippen molar-refractivity contribution in [1.29, 1.82) is 0 Å². The SMILES string of the molecule is CCc1cc(N)nc(SCCOc2ccccc2Br)n1. The molecule has 106 valence electrons. The molecule has 0 atom stereocenters. The number of ether oxygens (including phenoxy) is 1. The lowest BCUT2D eigenvalue weighted by Crippen LogP contribution is -2.03. The Morgan fingerprint density at radius 3 is 2.85 bits per heavy atom. The van der Waals surface area contributed by atoms with Gasteiger partial charge in [-0.05, 0) is 34.5 Å². The fourth-order valence-corrected chi connectivity index (χ4v) is 2.69. The average molecular weight is 354 g/mol. The minimum Gasteiger partial charge on any atom is -0.492 e. The predicted octanol–water partition coefficient (Wildman–Crippen LogP) is 3.55. The topological polar surface area (TPSA) is 61.0 Å². The van der Waals surface area contributed by atoms with Gasteiger partial charge in [0.15, 0.2) is 5.16 Å². The highest BCUT2D eigenvalue weighted by molar-refractivity contribution is 9.10. The van der Waals surface area contributed by atoms with Gasteiger partial charge in [0.05, 0.1) is 11.1 Å². The van der Waals surface area contributed by atoms with Gasteiger partial charge in [0.1, 0.15) is 11.6 Å². The van der Waals surface area contributed by atoms with E-state index in [0.717, 1.165) is 28.1 Å². The van der Waals surface area contributed by atoms with Crippen LogP contribution in [0, 0.1) is 0 Å². The van der Waals surface area contributed by atoms with Gasteiger partial charge in [0.25, 0.3) is 0 Å². The molecule has 2 rings (SSSR count). The Balaban J connectivity index is 1.84. The van der Waals surface area contributed by atoms with E-state index in [0.29, 0.717) is 17.6 Å². The minimum atomic E-state index is 0.520. The summed E-state index contributed by atoms with van der Waals surface area (Å²) in [4.78, 5) is 8.63. The van der Waals surface area contributed by atoms with E-state index >= 15 is 0 Å². The van der Waals surface area contributed by atoms with Crippen molar-refractivity contribution in [2.24, 2.45) is 0 Å². The Hall–Kier alpha value is -1.27. The number of aromatic nitrogens is 2. The lowest BCUT2D eigenvalue weighted by Gasteiger charge is -2.07. The molecule has 0 aliphatic rings. The number of hydrogen-bond donors (Lipinski definition) is 1. The van der Waals surface area contributed by atoms with Crippen molar-refractivity contribution in [3.05, 3.63) is 40.5 Å². The highest BCUT2D eigenvalue weighted by atomic mass is 79.9. The van der Waals surface area contributed by atoms with E-state index in [4.69, 9.17) is 10.5 Å². The van der Waals surface area contributed by atoms with E-state index in [-0.39, 0.29) is 0 Å². The van der Waals surface area contributed by atoms with Crippen LogP contribution in [-0.2, 0) is 6.42 Å². The summed E-state index contributed by atoms with van der Waals surface area (Å²) < 4.78 is 6.65. The fraction of sp³-hybridized carbons (Fsp3) is 0.286. The second-order valence-corrected chi connectivity index (χ2v) is 5.96. The van der Waals surface area contributed by atoms with Gasteiger partial charge in [-0.25, -0.2) is 9.97 Å². The van der Waals surface area contributed by atoms with Crippen LogP contribution in [0.25, 0.3) is 0 Å². The Kier molecular flexibility index (Phi) is 5.67. The molecule has 0 saturated heterocycles. The summed E-state index contributed by atoms with van der Waals surface area (Å²) in [6.45, 7) is 2.64. The number of benzene rings is 1. The van der Waals surface area contributed by atoms with Crippen LogP contribution < -0.4 is 10.5 Å². The molecule has 0 radical (unpaired) electrons. The zero-order valence-corrected chi connectivity index (χ0v) is 13.6. The number of para-hydroxylation sites is 1. The maximum absolute atomic E-state index is 5.75. The summed E-state index contributed by atoms with van der Waals surface area (Å²) in [5, 5.41) is 0.706. The van der Waals surface area contributed by atoms with Crippen molar-refractivity contribution in [2.45, 2.75) is 18.5 Å². The number of halogens is 1. The Morgan fingerprint density at radius 2 is 2.10 bits per heavy atom. The largest absolute Gasteiger partial charge is 0.492 e. The lowest BCUT2D eigenvalue weighted by molar-refractivity contribution is 0.341. The van der Waals surface area contributed by atoms with Crippen molar-refractivity contribution >= 4 is 33.5 Å². The van der Waals surface area contributed by atoms with Crippen LogP contribution in [0.4, 0.5) is 5.82 Å². The molecule has 2 aromatic rings. The molecule has 0 fully saturated rings. The maximum atomic E-state index is 5.75. The van der Waals surface area contributed by atoms with Gasteiger partial charge >= 0.3 is 0 Å². The number of anilines is 1. The molecule has 0 aliphatic heterocycles. The van der Waals surface area contributed by atoms with Gasteiger partial charge in [-0.2, -0.15) is 0 Å². The molecule has 0 amide bonds. The number of rotatable bonds is 6. The van der Waals surface area contributed by atoms with Crippen LogP contribution in [0.5, 0.6) is 5.75 Å². The number of thioether (sulfide) groups is 1. The second kappa shape index (κ2) is 7.50. The van der Waals surface area contributed by atoms with Gasteiger partial charge < -0.3 is 10.5 Å². The summed E-state index contributed by atoms with van der Waals surface area (Å²) in [5.41, 5.74) is 6.71. The number of aryl methyl sites for hydroxylation is 1. The first-order chi connectivity index (χ1) is 9.69. The van der Waals surface area contributed by atoms with Crippen molar-refractivity contribution in [3.8, 4) is 5.75 Å². The summed E-state index contributed by atoms with van der Waals surface area (Å²) in [7, 11) is 0. The molecular weight excluding hydrogens is 338 g/mol. The Labute approximate surface area is 131 Å². The van der Waals surface area contributed by atoms with E-state index in [1.54, 1.807) is 11.8 Å². The molecule has 1 heterocycles. The van der Waals surface area contributed by atoms with Crippen molar-refractivity contribution in [2.75, 3.05) is 18.1 Å².